The maximum absolute atomic E-state index is 11.1. The molecule has 2 unspecified atom stereocenters. The highest BCUT2D eigenvalue weighted by Crippen LogP contribution is 2.38. The minimum absolute atomic E-state index is 0.0256. The number of methoxy groups -OCH3 is 1. The van der Waals surface area contributed by atoms with Gasteiger partial charge in [-0.15, -0.1) is 0 Å². The van der Waals surface area contributed by atoms with Gasteiger partial charge in [0.05, 0.1) is 13.2 Å². The van der Waals surface area contributed by atoms with E-state index in [1.54, 1.807) is 0 Å². The lowest BCUT2D eigenvalue weighted by molar-refractivity contribution is -0.174. The zero-order valence-electron chi connectivity index (χ0n) is 8.45. The van der Waals surface area contributed by atoms with E-state index in [4.69, 9.17) is 14.6 Å². The van der Waals surface area contributed by atoms with E-state index in [-0.39, 0.29) is 13.2 Å². The SMILES string of the molecule is COCC(C)(C(=O)O)C1(O)CCOC1. The summed E-state index contributed by atoms with van der Waals surface area (Å²) in [5.74, 6) is -1.06. The number of hydrogen-bond donors (Lipinski definition) is 2. The molecular formula is C9H16O5. The van der Waals surface area contributed by atoms with E-state index in [2.05, 4.69) is 0 Å². The molecule has 0 aliphatic carbocycles. The molecule has 1 rings (SSSR count). The molecule has 1 aliphatic heterocycles. The lowest BCUT2D eigenvalue weighted by Crippen LogP contribution is -2.54. The average molecular weight is 204 g/mol. The van der Waals surface area contributed by atoms with Gasteiger partial charge in [-0.05, 0) is 6.92 Å². The van der Waals surface area contributed by atoms with Crippen molar-refractivity contribution in [3.05, 3.63) is 0 Å². The van der Waals surface area contributed by atoms with Crippen LogP contribution in [-0.4, -0.2) is 48.7 Å². The maximum atomic E-state index is 11.1. The Balaban J connectivity index is 2.91. The smallest absolute Gasteiger partial charge is 0.314 e. The van der Waals surface area contributed by atoms with Crippen LogP contribution in [-0.2, 0) is 14.3 Å². The zero-order valence-corrected chi connectivity index (χ0v) is 8.45. The van der Waals surface area contributed by atoms with Crippen molar-refractivity contribution in [2.24, 2.45) is 5.41 Å². The topological polar surface area (TPSA) is 76.0 Å². The van der Waals surface area contributed by atoms with Crippen molar-refractivity contribution >= 4 is 5.97 Å². The molecule has 0 aromatic rings. The van der Waals surface area contributed by atoms with Crippen molar-refractivity contribution in [3.63, 3.8) is 0 Å². The molecule has 14 heavy (non-hydrogen) atoms. The highest BCUT2D eigenvalue weighted by molar-refractivity contribution is 5.76. The Morgan fingerprint density at radius 3 is 2.71 bits per heavy atom. The lowest BCUT2D eigenvalue weighted by Gasteiger charge is -2.37. The van der Waals surface area contributed by atoms with E-state index in [1.165, 1.54) is 14.0 Å². The fraction of sp³-hybridized carbons (Fsp3) is 0.889. The van der Waals surface area contributed by atoms with Gasteiger partial charge in [0.2, 0.25) is 0 Å². The highest BCUT2D eigenvalue weighted by atomic mass is 16.5. The quantitative estimate of drug-likeness (QED) is 0.667. The molecule has 0 aromatic heterocycles. The molecule has 2 atom stereocenters. The molecule has 1 aliphatic rings. The van der Waals surface area contributed by atoms with E-state index in [1.807, 2.05) is 0 Å². The minimum atomic E-state index is -1.32. The molecular weight excluding hydrogens is 188 g/mol. The molecule has 0 amide bonds. The van der Waals surface area contributed by atoms with E-state index < -0.39 is 17.0 Å². The van der Waals surface area contributed by atoms with Crippen LogP contribution in [0.4, 0.5) is 0 Å². The Hall–Kier alpha value is -0.650. The Bertz CT molecular complexity index is 221. The van der Waals surface area contributed by atoms with Gasteiger partial charge in [0.25, 0.3) is 0 Å². The number of carboxylic acid groups (broad SMARTS) is 1. The first-order valence-electron chi connectivity index (χ1n) is 4.49. The van der Waals surface area contributed by atoms with E-state index >= 15 is 0 Å². The largest absolute Gasteiger partial charge is 0.481 e. The van der Waals surface area contributed by atoms with Crippen LogP contribution in [0.3, 0.4) is 0 Å². The van der Waals surface area contributed by atoms with Crippen LogP contribution >= 0.6 is 0 Å². The minimum Gasteiger partial charge on any atom is -0.481 e. The number of ether oxygens (including phenoxy) is 2. The second kappa shape index (κ2) is 3.84. The number of carboxylic acids is 1. The third-order valence-corrected chi connectivity index (χ3v) is 2.93. The van der Waals surface area contributed by atoms with Crippen molar-refractivity contribution in [2.75, 3.05) is 26.9 Å². The molecule has 0 aromatic carbocycles. The maximum Gasteiger partial charge on any atom is 0.314 e. The van der Waals surface area contributed by atoms with Gasteiger partial charge in [0, 0.05) is 20.1 Å². The summed E-state index contributed by atoms with van der Waals surface area (Å²) in [6, 6.07) is 0. The predicted octanol–water partition coefficient (Wildman–Crippen LogP) is -0.125. The van der Waals surface area contributed by atoms with Gasteiger partial charge in [0.1, 0.15) is 11.0 Å². The van der Waals surface area contributed by atoms with Gasteiger partial charge >= 0.3 is 5.97 Å². The van der Waals surface area contributed by atoms with Gasteiger partial charge < -0.3 is 19.7 Å². The molecule has 5 heteroatoms. The Labute approximate surface area is 82.6 Å². The van der Waals surface area contributed by atoms with Gasteiger partial charge in [0.15, 0.2) is 0 Å². The summed E-state index contributed by atoms with van der Waals surface area (Å²) in [4.78, 5) is 11.1. The monoisotopic (exact) mass is 204 g/mol. The second-order valence-electron chi connectivity index (χ2n) is 3.90. The first-order chi connectivity index (χ1) is 6.46. The van der Waals surface area contributed by atoms with Crippen molar-refractivity contribution in [1.29, 1.82) is 0 Å². The summed E-state index contributed by atoms with van der Waals surface area (Å²) in [6.07, 6.45) is 0.332. The second-order valence-corrected chi connectivity index (χ2v) is 3.90. The fourth-order valence-corrected chi connectivity index (χ4v) is 1.67. The van der Waals surface area contributed by atoms with Crippen LogP contribution in [0.15, 0.2) is 0 Å². The van der Waals surface area contributed by atoms with Gasteiger partial charge in [-0.1, -0.05) is 0 Å². The normalized spacial score (nSPS) is 31.4. The first kappa shape index (κ1) is 11.4. The Morgan fingerprint density at radius 1 is 1.71 bits per heavy atom. The van der Waals surface area contributed by atoms with Crippen LogP contribution in [0.5, 0.6) is 0 Å². The number of rotatable bonds is 4. The predicted molar refractivity (Wildman–Crippen MR) is 48.0 cm³/mol. The number of aliphatic carboxylic acids is 1. The molecule has 1 heterocycles. The molecule has 0 bridgehead atoms. The van der Waals surface area contributed by atoms with E-state index in [0.717, 1.165) is 0 Å². The summed E-state index contributed by atoms with van der Waals surface area (Å²) in [6.45, 7) is 1.90. The van der Waals surface area contributed by atoms with Gasteiger partial charge in [-0.25, -0.2) is 0 Å². The molecule has 82 valence electrons. The molecule has 5 nitrogen and oxygen atoms in total. The van der Waals surface area contributed by atoms with Gasteiger partial charge in [-0.2, -0.15) is 0 Å². The molecule has 2 N–H and O–H groups in total. The Morgan fingerprint density at radius 2 is 2.36 bits per heavy atom. The van der Waals surface area contributed by atoms with Crippen LogP contribution < -0.4 is 0 Å². The molecule has 1 fully saturated rings. The number of carbonyl (C=O) groups is 1. The van der Waals surface area contributed by atoms with Crippen LogP contribution in [0, 0.1) is 5.41 Å². The number of hydrogen-bond acceptors (Lipinski definition) is 4. The van der Waals surface area contributed by atoms with Crippen molar-refractivity contribution in [3.8, 4) is 0 Å². The summed E-state index contributed by atoms with van der Waals surface area (Å²) >= 11 is 0. The Kier molecular flexibility index (Phi) is 3.14. The van der Waals surface area contributed by atoms with Crippen molar-refractivity contribution in [1.82, 2.24) is 0 Å². The summed E-state index contributed by atoms with van der Waals surface area (Å²) < 4.78 is 9.88. The third-order valence-electron chi connectivity index (χ3n) is 2.93. The standard InChI is InChI=1S/C9H16O5/c1-8(5-13-2,7(10)11)9(12)3-4-14-6-9/h12H,3-6H2,1-2H3,(H,10,11). The lowest BCUT2D eigenvalue weighted by atomic mass is 9.73. The molecule has 0 radical (unpaired) electrons. The van der Waals surface area contributed by atoms with Crippen molar-refractivity contribution < 1.29 is 24.5 Å². The van der Waals surface area contributed by atoms with Crippen LogP contribution in [0.2, 0.25) is 0 Å². The average Bonchev–Trinajstić information content (AvgIpc) is 2.53. The highest BCUT2D eigenvalue weighted by Gasteiger charge is 2.54. The van der Waals surface area contributed by atoms with Gasteiger partial charge in [-0.3, -0.25) is 4.79 Å². The summed E-state index contributed by atoms with van der Waals surface area (Å²) in [5, 5.41) is 19.2. The summed E-state index contributed by atoms with van der Waals surface area (Å²) in [5.41, 5.74) is -2.63. The molecule has 1 saturated heterocycles. The first-order valence-corrected chi connectivity index (χ1v) is 4.49. The van der Waals surface area contributed by atoms with Crippen LogP contribution in [0.25, 0.3) is 0 Å². The summed E-state index contributed by atoms with van der Waals surface area (Å²) in [7, 11) is 1.42. The van der Waals surface area contributed by atoms with Crippen molar-refractivity contribution in [2.45, 2.75) is 18.9 Å². The molecule has 0 saturated carbocycles. The van der Waals surface area contributed by atoms with Crippen LogP contribution in [0.1, 0.15) is 13.3 Å². The fourth-order valence-electron chi connectivity index (χ4n) is 1.67. The third kappa shape index (κ3) is 1.63. The zero-order chi connectivity index (χ0) is 10.8. The van der Waals surface area contributed by atoms with E-state index in [0.29, 0.717) is 13.0 Å². The molecule has 0 spiro atoms. The number of aliphatic hydroxyl groups is 1. The van der Waals surface area contributed by atoms with E-state index in [9.17, 15) is 9.90 Å².